The molecule has 0 saturated carbocycles. The fraction of sp³-hybridized carbons (Fsp3) is 0.500. The molecule has 0 fully saturated rings. The molecule has 0 spiro atoms. The number of carbonyl (C=O) groups excluding carboxylic acids is 1. The van der Waals surface area contributed by atoms with E-state index in [9.17, 15) is 14.9 Å². The molecule has 2 atom stereocenters. The molecule has 1 aromatic heterocycles. The van der Waals surface area contributed by atoms with E-state index in [2.05, 4.69) is 5.32 Å². The maximum atomic E-state index is 11.6. The predicted molar refractivity (Wildman–Crippen MR) is 62.2 cm³/mol. The second kappa shape index (κ2) is 5.67. The van der Waals surface area contributed by atoms with Gasteiger partial charge in [0.05, 0.1) is 6.07 Å². The molecule has 6 nitrogen and oxygen atoms in total. The number of alkyl halides is 1. The van der Waals surface area contributed by atoms with Gasteiger partial charge in [-0.05, 0) is 18.9 Å². The van der Waals surface area contributed by atoms with Gasteiger partial charge in [-0.2, -0.15) is 0 Å². The molecule has 7 heteroatoms. The van der Waals surface area contributed by atoms with E-state index >= 15 is 0 Å². The zero-order valence-electron chi connectivity index (χ0n) is 9.47. The molecule has 1 aromatic rings. The summed E-state index contributed by atoms with van der Waals surface area (Å²) in [4.78, 5) is 21.3. The Bertz CT molecular complexity index is 418. The number of nitrogens with one attached hydrogen (secondary N) is 1. The monoisotopic (exact) mass is 260 g/mol. The van der Waals surface area contributed by atoms with Crippen LogP contribution in [0, 0.1) is 16.0 Å². The number of furan rings is 1. The summed E-state index contributed by atoms with van der Waals surface area (Å²) in [6.45, 7) is 3.70. The molecular formula is C10H13ClN2O4. The zero-order valence-corrected chi connectivity index (χ0v) is 10.2. The molecule has 0 bridgehead atoms. The van der Waals surface area contributed by atoms with E-state index in [4.69, 9.17) is 16.0 Å². The molecule has 1 N–H and O–H groups in total. The van der Waals surface area contributed by atoms with Gasteiger partial charge in [-0.3, -0.25) is 14.9 Å². The van der Waals surface area contributed by atoms with Crippen LogP contribution in [0.5, 0.6) is 0 Å². The summed E-state index contributed by atoms with van der Waals surface area (Å²) in [6, 6.07) is 2.28. The number of rotatable bonds is 5. The molecule has 94 valence electrons. The van der Waals surface area contributed by atoms with Crippen LogP contribution in [0.15, 0.2) is 16.5 Å². The van der Waals surface area contributed by atoms with Gasteiger partial charge in [0.2, 0.25) is 0 Å². The van der Waals surface area contributed by atoms with E-state index in [1.165, 1.54) is 6.07 Å². The Morgan fingerprint density at radius 1 is 1.59 bits per heavy atom. The van der Waals surface area contributed by atoms with Crippen LogP contribution < -0.4 is 5.32 Å². The largest absolute Gasteiger partial charge is 0.433 e. The van der Waals surface area contributed by atoms with Gasteiger partial charge in [-0.1, -0.05) is 6.92 Å². The van der Waals surface area contributed by atoms with Crippen molar-refractivity contribution in [3.8, 4) is 0 Å². The predicted octanol–water partition coefficient (Wildman–Crippen LogP) is 2.18. The second-order valence-corrected chi connectivity index (χ2v) is 4.10. The SMILES string of the molecule is CC(CCl)C(C)NC(=O)c1ccc([N+](=O)[O-])o1. The van der Waals surface area contributed by atoms with Crippen molar-refractivity contribution in [2.24, 2.45) is 5.92 Å². The molecule has 0 saturated heterocycles. The van der Waals surface area contributed by atoms with Crippen LogP contribution in [0.3, 0.4) is 0 Å². The number of halogens is 1. The van der Waals surface area contributed by atoms with E-state index < -0.39 is 16.7 Å². The topological polar surface area (TPSA) is 85.4 Å². The minimum atomic E-state index is -0.693. The fourth-order valence-electron chi connectivity index (χ4n) is 1.10. The first-order valence-corrected chi connectivity index (χ1v) is 5.60. The summed E-state index contributed by atoms with van der Waals surface area (Å²) in [6.07, 6.45) is 0. The van der Waals surface area contributed by atoms with Crippen LogP contribution in [-0.4, -0.2) is 22.8 Å². The lowest BCUT2D eigenvalue weighted by Gasteiger charge is -2.18. The summed E-state index contributed by atoms with van der Waals surface area (Å²) in [5, 5.41) is 13.0. The Morgan fingerprint density at radius 2 is 2.24 bits per heavy atom. The van der Waals surface area contributed by atoms with Crippen molar-refractivity contribution in [2.45, 2.75) is 19.9 Å². The Labute approximate surface area is 103 Å². The first-order valence-electron chi connectivity index (χ1n) is 5.06. The van der Waals surface area contributed by atoms with Crippen LogP contribution in [-0.2, 0) is 0 Å². The maximum absolute atomic E-state index is 11.6. The van der Waals surface area contributed by atoms with Gasteiger partial charge >= 0.3 is 5.88 Å². The Hall–Kier alpha value is -1.56. The maximum Gasteiger partial charge on any atom is 0.433 e. The minimum Gasteiger partial charge on any atom is -0.395 e. The van der Waals surface area contributed by atoms with Gasteiger partial charge in [-0.25, -0.2) is 0 Å². The van der Waals surface area contributed by atoms with Crippen LogP contribution >= 0.6 is 11.6 Å². The van der Waals surface area contributed by atoms with Gasteiger partial charge in [0, 0.05) is 11.9 Å². The average molecular weight is 261 g/mol. The molecule has 1 heterocycles. The van der Waals surface area contributed by atoms with E-state index in [0.29, 0.717) is 5.88 Å². The smallest absolute Gasteiger partial charge is 0.395 e. The number of hydrogen-bond donors (Lipinski definition) is 1. The molecule has 1 rings (SSSR count). The van der Waals surface area contributed by atoms with Crippen molar-refractivity contribution < 1.29 is 14.1 Å². The Kier molecular flexibility index (Phi) is 4.51. The molecule has 0 aliphatic heterocycles. The molecule has 0 aromatic carbocycles. The standard InChI is InChI=1S/C10H13ClN2O4/c1-6(5-11)7(2)12-10(14)8-3-4-9(17-8)13(15)16/h3-4,6-7H,5H2,1-2H3,(H,12,14). The number of carbonyl (C=O) groups is 1. The average Bonchev–Trinajstić information content (AvgIpc) is 2.77. The highest BCUT2D eigenvalue weighted by atomic mass is 35.5. The summed E-state index contributed by atoms with van der Waals surface area (Å²) in [5.41, 5.74) is 0. The van der Waals surface area contributed by atoms with Crippen molar-refractivity contribution in [1.29, 1.82) is 0 Å². The van der Waals surface area contributed by atoms with Crippen LogP contribution in [0.1, 0.15) is 24.4 Å². The molecule has 0 aliphatic carbocycles. The van der Waals surface area contributed by atoms with Gasteiger partial charge < -0.3 is 9.73 Å². The highest BCUT2D eigenvalue weighted by molar-refractivity contribution is 6.18. The van der Waals surface area contributed by atoms with Gasteiger partial charge in [0.15, 0.2) is 5.76 Å². The minimum absolute atomic E-state index is 0.0784. The van der Waals surface area contributed by atoms with Crippen LogP contribution in [0.25, 0.3) is 0 Å². The van der Waals surface area contributed by atoms with Gasteiger partial charge in [0.25, 0.3) is 5.91 Å². The van der Waals surface area contributed by atoms with E-state index in [1.54, 1.807) is 0 Å². The summed E-state index contributed by atoms with van der Waals surface area (Å²) >= 11 is 5.66. The lowest BCUT2D eigenvalue weighted by atomic mass is 10.1. The Balaban J connectivity index is 2.66. The van der Waals surface area contributed by atoms with Crippen LogP contribution in [0.2, 0.25) is 0 Å². The highest BCUT2D eigenvalue weighted by Gasteiger charge is 2.20. The van der Waals surface area contributed by atoms with Crippen molar-refractivity contribution in [3.05, 3.63) is 28.0 Å². The number of nitro groups is 1. The summed E-state index contributed by atoms with van der Waals surface area (Å²) < 4.78 is 4.78. The van der Waals surface area contributed by atoms with Crippen molar-refractivity contribution in [3.63, 3.8) is 0 Å². The van der Waals surface area contributed by atoms with Crippen molar-refractivity contribution >= 4 is 23.4 Å². The molecule has 1 amide bonds. The lowest BCUT2D eigenvalue weighted by molar-refractivity contribution is -0.402. The normalized spacial score (nSPS) is 14.1. The molecule has 0 aliphatic rings. The fourth-order valence-corrected chi connectivity index (χ4v) is 1.37. The zero-order chi connectivity index (χ0) is 13.0. The first kappa shape index (κ1) is 13.5. The molecule has 17 heavy (non-hydrogen) atoms. The van der Waals surface area contributed by atoms with Crippen molar-refractivity contribution in [2.75, 3.05) is 5.88 Å². The van der Waals surface area contributed by atoms with Gasteiger partial charge in [0.1, 0.15) is 4.92 Å². The number of hydrogen-bond acceptors (Lipinski definition) is 4. The Morgan fingerprint density at radius 3 is 2.71 bits per heavy atom. The molecule has 2 unspecified atom stereocenters. The first-order chi connectivity index (χ1) is 7.95. The third kappa shape index (κ3) is 3.45. The molecular weight excluding hydrogens is 248 g/mol. The number of nitrogens with zero attached hydrogens (tertiary/aromatic N) is 1. The highest BCUT2D eigenvalue weighted by Crippen LogP contribution is 2.16. The molecule has 0 radical (unpaired) electrons. The lowest BCUT2D eigenvalue weighted by Crippen LogP contribution is -2.37. The summed E-state index contributed by atoms with van der Waals surface area (Å²) in [7, 11) is 0. The van der Waals surface area contributed by atoms with Gasteiger partial charge in [-0.15, -0.1) is 11.6 Å². The van der Waals surface area contributed by atoms with Crippen LogP contribution in [0.4, 0.5) is 5.88 Å². The third-order valence-electron chi connectivity index (χ3n) is 2.45. The van der Waals surface area contributed by atoms with E-state index in [-0.39, 0.29) is 17.7 Å². The third-order valence-corrected chi connectivity index (χ3v) is 2.94. The second-order valence-electron chi connectivity index (χ2n) is 3.79. The van der Waals surface area contributed by atoms with E-state index in [1.807, 2.05) is 13.8 Å². The quantitative estimate of drug-likeness (QED) is 0.499. The summed E-state index contributed by atoms with van der Waals surface area (Å²) in [5.74, 6) is -0.494. The van der Waals surface area contributed by atoms with Crippen molar-refractivity contribution in [1.82, 2.24) is 5.32 Å². The van der Waals surface area contributed by atoms with E-state index in [0.717, 1.165) is 6.07 Å². The number of amides is 1.